The Kier molecular flexibility index (Phi) is 8.35. The van der Waals surface area contributed by atoms with E-state index >= 15 is 0 Å². The Morgan fingerprint density at radius 3 is 2.59 bits per heavy atom. The molecule has 0 bridgehead atoms. The molecule has 37 heavy (non-hydrogen) atoms. The molecule has 2 aromatic carbocycles. The van der Waals surface area contributed by atoms with Crippen molar-refractivity contribution in [3.8, 4) is 11.5 Å². The number of nitrogens with one attached hydrogen (secondary N) is 1. The fourth-order valence-electron chi connectivity index (χ4n) is 4.20. The number of carbonyl (C=O) groups is 2. The van der Waals surface area contributed by atoms with Crippen LogP contribution in [0.25, 0.3) is 0 Å². The predicted molar refractivity (Wildman–Crippen MR) is 144 cm³/mol. The molecule has 0 aliphatic carbocycles. The maximum absolute atomic E-state index is 13.2. The number of amides is 1. The highest BCUT2D eigenvalue weighted by molar-refractivity contribution is 8.16. The lowest BCUT2D eigenvalue weighted by Gasteiger charge is -2.36. The zero-order valence-electron chi connectivity index (χ0n) is 21.0. The summed E-state index contributed by atoms with van der Waals surface area (Å²) in [5.74, 6) is 0.465. The van der Waals surface area contributed by atoms with Crippen molar-refractivity contribution >= 4 is 28.8 Å². The maximum Gasteiger partial charge on any atom is 0.338 e. The number of allylic oxidation sites excluding steroid dienone is 1. The lowest BCUT2D eigenvalue weighted by molar-refractivity contribution is -0.138. The molecule has 0 radical (unpaired) electrons. The number of methoxy groups -OCH3 is 2. The number of aliphatic imine (C=N–C) groups is 1. The summed E-state index contributed by atoms with van der Waals surface area (Å²) < 4.78 is 16.4. The minimum absolute atomic E-state index is 0.0736. The monoisotopic (exact) mass is 519 g/mol. The second kappa shape index (κ2) is 11.8. The first-order chi connectivity index (χ1) is 18.0. The van der Waals surface area contributed by atoms with Gasteiger partial charge in [0.15, 0.2) is 16.7 Å². The fraction of sp³-hybridized carbons (Fsp3) is 0.250. The molecule has 0 spiro atoms. The normalized spacial score (nSPS) is 16.4. The van der Waals surface area contributed by atoms with Crippen LogP contribution in [0.5, 0.6) is 11.5 Å². The summed E-state index contributed by atoms with van der Waals surface area (Å²) in [5.41, 5.74) is 3.45. The van der Waals surface area contributed by atoms with Crippen LogP contribution in [0.1, 0.15) is 30.5 Å². The minimum Gasteiger partial charge on any atom is -0.493 e. The van der Waals surface area contributed by atoms with Crippen molar-refractivity contribution < 1.29 is 23.8 Å². The number of benzene rings is 2. The second-order valence-corrected chi connectivity index (χ2v) is 9.17. The van der Waals surface area contributed by atoms with Crippen LogP contribution in [0.2, 0.25) is 0 Å². The number of thioether (sulfide) groups is 1. The Hall–Kier alpha value is -3.98. The van der Waals surface area contributed by atoms with Gasteiger partial charge >= 0.3 is 5.97 Å². The van der Waals surface area contributed by atoms with Crippen LogP contribution >= 0.6 is 11.8 Å². The molecule has 4 rings (SSSR count). The van der Waals surface area contributed by atoms with Gasteiger partial charge in [-0.2, -0.15) is 0 Å². The smallest absolute Gasteiger partial charge is 0.338 e. The molecule has 0 unspecified atom stereocenters. The van der Waals surface area contributed by atoms with Crippen LogP contribution in [-0.2, 0) is 20.9 Å². The summed E-state index contributed by atoms with van der Waals surface area (Å²) in [6.07, 6.45) is 1.64. The Labute approximate surface area is 220 Å². The van der Waals surface area contributed by atoms with Crippen LogP contribution in [0.3, 0.4) is 0 Å². The van der Waals surface area contributed by atoms with Crippen LogP contribution in [0.15, 0.2) is 88.6 Å². The van der Waals surface area contributed by atoms with E-state index < -0.39 is 12.0 Å². The first-order valence-electron chi connectivity index (χ1n) is 11.7. The molecule has 2 aromatic rings. The lowest BCUT2D eigenvalue weighted by atomic mass is 9.93. The average molecular weight is 520 g/mol. The van der Waals surface area contributed by atoms with E-state index in [1.54, 1.807) is 27.2 Å². The lowest BCUT2D eigenvalue weighted by Crippen LogP contribution is -2.38. The van der Waals surface area contributed by atoms with E-state index in [2.05, 4.69) is 16.9 Å². The van der Waals surface area contributed by atoms with E-state index in [-0.39, 0.29) is 18.9 Å². The molecular formula is C28H29N3O5S. The van der Waals surface area contributed by atoms with Gasteiger partial charge in [0, 0.05) is 12.2 Å². The second-order valence-electron chi connectivity index (χ2n) is 8.33. The third-order valence-corrected chi connectivity index (χ3v) is 6.84. The van der Waals surface area contributed by atoms with Gasteiger partial charge in [0.1, 0.15) is 6.61 Å². The van der Waals surface area contributed by atoms with E-state index in [9.17, 15) is 9.59 Å². The molecule has 9 heteroatoms. The molecule has 8 nitrogen and oxygen atoms in total. The van der Waals surface area contributed by atoms with E-state index in [0.29, 0.717) is 34.5 Å². The van der Waals surface area contributed by atoms with Crippen LogP contribution in [0.4, 0.5) is 0 Å². The first kappa shape index (κ1) is 26.1. The average Bonchev–Trinajstić information content (AvgIpc) is 3.31. The van der Waals surface area contributed by atoms with Gasteiger partial charge in [-0.3, -0.25) is 4.79 Å². The van der Waals surface area contributed by atoms with E-state index in [0.717, 1.165) is 16.8 Å². The molecule has 2 heterocycles. The first-order valence-corrected chi connectivity index (χ1v) is 12.6. The third kappa shape index (κ3) is 5.72. The molecule has 1 amide bonds. The van der Waals surface area contributed by atoms with Gasteiger partial charge in [0.05, 0.1) is 38.0 Å². The Morgan fingerprint density at radius 1 is 1.14 bits per heavy atom. The highest BCUT2D eigenvalue weighted by Crippen LogP contribution is 2.46. The molecule has 1 atom stereocenters. The van der Waals surface area contributed by atoms with Gasteiger partial charge in [-0.25, -0.2) is 9.79 Å². The topological polar surface area (TPSA) is 89.5 Å². The quantitative estimate of drug-likeness (QED) is 0.359. The predicted octanol–water partition coefficient (Wildman–Crippen LogP) is 4.71. The number of nitrogens with zero attached hydrogens (tertiary/aromatic N) is 2. The van der Waals surface area contributed by atoms with Crippen molar-refractivity contribution in [1.29, 1.82) is 0 Å². The van der Waals surface area contributed by atoms with Gasteiger partial charge in [-0.05, 0) is 35.6 Å². The summed E-state index contributed by atoms with van der Waals surface area (Å²) in [7, 11) is 3.13. The summed E-state index contributed by atoms with van der Waals surface area (Å²) in [4.78, 5) is 32.7. The molecular weight excluding hydrogens is 490 g/mol. The van der Waals surface area contributed by atoms with Gasteiger partial charge in [0.2, 0.25) is 5.91 Å². The summed E-state index contributed by atoms with van der Waals surface area (Å²) >= 11 is 1.42. The van der Waals surface area contributed by atoms with Crippen molar-refractivity contribution in [3.05, 3.63) is 94.7 Å². The van der Waals surface area contributed by atoms with Crippen LogP contribution in [0, 0.1) is 0 Å². The van der Waals surface area contributed by atoms with Crippen molar-refractivity contribution in [2.75, 3.05) is 20.8 Å². The fourth-order valence-corrected chi connectivity index (χ4v) is 5.17. The zero-order chi connectivity index (χ0) is 26.4. The van der Waals surface area contributed by atoms with Crippen LogP contribution in [-0.4, -0.2) is 42.8 Å². The Balaban J connectivity index is 1.66. The van der Waals surface area contributed by atoms with E-state index in [4.69, 9.17) is 14.2 Å². The molecule has 192 valence electrons. The molecule has 2 aliphatic rings. The number of hydrogen-bond donors (Lipinski definition) is 1. The van der Waals surface area contributed by atoms with E-state index in [1.807, 2.05) is 52.8 Å². The highest BCUT2D eigenvalue weighted by Gasteiger charge is 2.41. The number of carbonyl (C=O) groups excluding carboxylic acids is 2. The Morgan fingerprint density at radius 2 is 1.89 bits per heavy atom. The molecule has 0 aromatic heterocycles. The zero-order valence-corrected chi connectivity index (χ0v) is 21.8. The molecule has 0 fully saturated rings. The molecule has 1 N–H and O–H groups in total. The summed E-state index contributed by atoms with van der Waals surface area (Å²) in [6.45, 7) is 5.92. The molecule has 0 saturated carbocycles. The van der Waals surface area contributed by atoms with Gasteiger partial charge in [0.25, 0.3) is 0 Å². The minimum atomic E-state index is -0.576. The largest absolute Gasteiger partial charge is 0.493 e. The van der Waals surface area contributed by atoms with Crippen LogP contribution < -0.4 is 14.8 Å². The third-order valence-electron chi connectivity index (χ3n) is 5.95. The Bertz CT molecular complexity index is 1290. The van der Waals surface area contributed by atoms with Crippen molar-refractivity contribution in [2.45, 2.75) is 25.9 Å². The number of amidine groups is 1. The molecule has 2 aliphatic heterocycles. The van der Waals surface area contributed by atoms with Gasteiger partial charge < -0.3 is 24.4 Å². The van der Waals surface area contributed by atoms with Crippen molar-refractivity contribution in [2.24, 2.45) is 4.99 Å². The summed E-state index contributed by atoms with van der Waals surface area (Å²) in [6, 6.07) is 14.6. The van der Waals surface area contributed by atoms with Gasteiger partial charge in [-0.15, -0.1) is 0 Å². The van der Waals surface area contributed by atoms with Crippen molar-refractivity contribution in [1.82, 2.24) is 10.2 Å². The van der Waals surface area contributed by atoms with E-state index in [1.165, 1.54) is 17.8 Å². The standard InChI is InChI=1S/C28H29N3O5S/c1-5-13-36-27(33)25-18(2)30-28-31(26(25)20-11-12-22(34-3)23(14-20)35-4)21(17-37-28)15-24(32)29-16-19-9-7-6-8-10-19/h5-12,14,17,26H,1,13,15-16H2,2-4H3,(H,29,32)/t26-/m0/s1. The number of rotatable bonds is 10. The summed E-state index contributed by atoms with van der Waals surface area (Å²) in [5, 5.41) is 5.56. The number of hydrogen-bond acceptors (Lipinski definition) is 8. The maximum atomic E-state index is 13.2. The highest BCUT2D eigenvalue weighted by atomic mass is 32.2. The number of esters is 1. The van der Waals surface area contributed by atoms with Crippen molar-refractivity contribution in [3.63, 3.8) is 0 Å². The number of fused-ring (bicyclic) bond motifs is 1. The van der Waals surface area contributed by atoms with Gasteiger partial charge in [-0.1, -0.05) is 60.8 Å². The number of ether oxygens (including phenoxy) is 3. The molecule has 0 saturated heterocycles. The SMILES string of the molecule is C=CCOC(=O)C1=C(C)N=C2SC=C(CC(=O)NCc3ccccc3)N2[C@H]1c1ccc(OC)c(OC)c1.